The lowest BCUT2D eigenvalue weighted by molar-refractivity contribution is -0.118. The van der Waals surface area contributed by atoms with Crippen molar-refractivity contribution in [1.82, 2.24) is 5.32 Å². The number of halogens is 1. The van der Waals surface area contributed by atoms with Crippen molar-refractivity contribution in [3.8, 4) is 11.5 Å². The van der Waals surface area contributed by atoms with E-state index in [1.54, 1.807) is 0 Å². The predicted octanol–water partition coefficient (Wildman–Crippen LogP) is 2.48. The standard InChI is InChI=1S/C14H18ClNO3/c1-2-3-14-18-11-5-4-10(8-12(11)19-14)6-7-16-13(17)9-15/h4-5,8,14H,2-3,6-7,9H2,1H3,(H,16,17). The zero-order chi connectivity index (χ0) is 13.7. The van der Waals surface area contributed by atoms with Gasteiger partial charge in [-0.15, -0.1) is 11.6 Å². The highest BCUT2D eigenvalue weighted by molar-refractivity contribution is 6.27. The third-order valence-corrected chi connectivity index (χ3v) is 3.15. The van der Waals surface area contributed by atoms with Gasteiger partial charge in [0.2, 0.25) is 12.2 Å². The summed E-state index contributed by atoms with van der Waals surface area (Å²) in [7, 11) is 0. The molecule has 1 aliphatic heterocycles. The van der Waals surface area contributed by atoms with E-state index in [-0.39, 0.29) is 18.1 Å². The fourth-order valence-corrected chi connectivity index (χ4v) is 2.05. The van der Waals surface area contributed by atoms with E-state index in [9.17, 15) is 4.79 Å². The molecule has 2 rings (SSSR count). The highest BCUT2D eigenvalue weighted by Gasteiger charge is 2.23. The molecule has 19 heavy (non-hydrogen) atoms. The van der Waals surface area contributed by atoms with Crippen LogP contribution in [0.2, 0.25) is 0 Å². The smallest absolute Gasteiger partial charge is 0.241 e. The van der Waals surface area contributed by atoms with Gasteiger partial charge in [0.1, 0.15) is 5.88 Å². The van der Waals surface area contributed by atoms with E-state index < -0.39 is 0 Å². The molecule has 1 aromatic rings. The Bertz CT molecular complexity index is 450. The summed E-state index contributed by atoms with van der Waals surface area (Å²) in [4.78, 5) is 11.0. The number of rotatable bonds is 6. The largest absolute Gasteiger partial charge is 0.451 e. The number of ether oxygens (including phenoxy) is 2. The number of fused-ring (bicyclic) bond motifs is 1. The van der Waals surface area contributed by atoms with Crippen molar-refractivity contribution in [3.05, 3.63) is 23.8 Å². The SMILES string of the molecule is CCCC1Oc2ccc(CCNC(=O)CCl)cc2O1. The summed E-state index contributed by atoms with van der Waals surface area (Å²) in [6.07, 6.45) is 2.50. The maximum atomic E-state index is 11.0. The van der Waals surface area contributed by atoms with E-state index >= 15 is 0 Å². The molecule has 1 heterocycles. The number of amides is 1. The fraction of sp³-hybridized carbons (Fsp3) is 0.500. The molecule has 5 heteroatoms. The van der Waals surface area contributed by atoms with Crippen molar-refractivity contribution in [3.63, 3.8) is 0 Å². The van der Waals surface area contributed by atoms with Crippen molar-refractivity contribution >= 4 is 17.5 Å². The van der Waals surface area contributed by atoms with Gasteiger partial charge in [-0.25, -0.2) is 0 Å². The monoisotopic (exact) mass is 283 g/mol. The van der Waals surface area contributed by atoms with Gasteiger partial charge >= 0.3 is 0 Å². The van der Waals surface area contributed by atoms with Gasteiger partial charge in [-0.3, -0.25) is 4.79 Å². The normalized spacial score (nSPS) is 16.4. The molecule has 0 aliphatic carbocycles. The van der Waals surface area contributed by atoms with Gasteiger partial charge in [0.25, 0.3) is 0 Å². The van der Waals surface area contributed by atoms with Gasteiger partial charge in [-0.1, -0.05) is 13.0 Å². The van der Waals surface area contributed by atoms with Crippen molar-refractivity contribution in [2.45, 2.75) is 32.5 Å². The first kappa shape index (κ1) is 14.0. The maximum absolute atomic E-state index is 11.0. The van der Waals surface area contributed by atoms with E-state index in [0.717, 1.165) is 36.3 Å². The van der Waals surface area contributed by atoms with Crippen LogP contribution in [0, 0.1) is 0 Å². The van der Waals surface area contributed by atoms with E-state index in [1.807, 2.05) is 18.2 Å². The summed E-state index contributed by atoms with van der Waals surface area (Å²) < 4.78 is 11.4. The molecule has 0 spiro atoms. The Kier molecular flexibility index (Phi) is 4.91. The number of carbonyl (C=O) groups is 1. The molecule has 4 nitrogen and oxygen atoms in total. The quantitative estimate of drug-likeness (QED) is 0.816. The maximum Gasteiger partial charge on any atom is 0.241 e. The lowest BCUT2D eigenvalue weighted by Gasteiger charge is -2.07. The Hall–Kier alpha value is -1.42. The zero-order valence-electron chi connectivity index (χ0n) is 10.9. The van der Waals surface area contributed by atoms with Crippen LogP contribution in [-0.2, 0) is 11.2 Å². The summed E-state index contributed by atoms with van der Waals surface area (Å²) in [6, 6.07) is 5.88. The molecule has 1 unspecified atom stereocenters. The van der Waals surface area contributed by atoms with Crippen LogP contribution in [0.3, 0.4) is 0 Å². The first-order valence-electron chi connectivity index (χ1n) is 6.52. The average molecular weight is 284 g/mol. The Labute approximate surface area is 118 Å². The first-order chi connectivity index (χ1) is 9.22. The minimum atomic E-state index is -0.161. The van der Waals surface area contributed by atoms with E-state index in [2.05, 4.69) is 12.2 Å². The van der Waals surface area contributed by atoms with Crippen LogP contribution >= 0.6 is 11.6 Å². The van der Waals surface area contributed by atoms with E-state index in [1.165, 1.54) is 0 Å². The van der Waals surface area contributed by atoms with Crippen molar-refractivity contribution in [1.29, 1.82) is 0 Å². The predicted molar refractivity (Wildman–Crippen MR) is 73.8 cm³/mol. The lowest BCUT2D eigenvalue weighted by Crippen LogP contribution is -2.26. The van der Waals surface area contributed by atoms with Crippen LogP contribution in [-0.4, -0.2) is 24.6 Å². The number of carbonyl (C=O) groups excluding carboxylic acids is 1. The van der Waals surface area contributed by atoms with Crippen molar-refractivity contribution in [2.75, 3.05) is 12.4 Å². The van der Waals surface area contributed by atoms with Gasteiger partial charge < -0.3 is 14.8 Å². The molecule has 1 aromatic carbocycles. The second kappa shape index (κ2) is 6.66. The van der Waals surface area contributed by atoms with Crippen molar-refractivity contribution in [2.24, 2.45) is 0 Å². The van der Waals surface area contributed by atoms with Crippen LogP contribution < -0.4 is 14.8 Å². The highest BCUT2D eigenvalue weighted by atomic mass is 35.5. The number of nitrogens with one attached hydrogen (secondary N) is 1. The van der Waals surface area contributed by atoms with Crippen molar-refractivity contribution < 1.29 is 14.3 Å². The molecule has 0 aromatic heterocycles. The second-order valence-corrected chi connectivity index (χ2v) is 4.74. The van der Waals surface area contributed by atoms with Crippen LogP contribution in [0.15, 0.2) is 18.2 Å². The van der Waals surface area contributed by atoms with Gasteiger partial charge in [0, 0.05) is 13.0 Å². The van der Waals surface area contributed by atoms with E-state index in [4.69, 9.17) is 21.1 Å². The zero-order valence-corrected chi connectivity index (χ0v) is 11.7. The number of hydrogen-bond donors (Lipinski definition) is 1. The van der Waals surface area contributed by atoms with Gasteiger partial charge in [-0.2, -0.15) is 0 Å². The van der Waals surface area contributed by atoms with Crippen LogP contribution in [0.5, 0.6) is 11.5 Å². The molecule has 0 saturated carbocycles. The lowest BCUT2D eigenvalue weighted by atomic mass is 10.1. The number of hydrogen-bond acceptors (Lipinski definition) is 3. The fourth-order valence-electron chi connectivity index (χ4n) is 1.95. The summed E-state index contributed by atoms with van der Waals surface area (Å²) in [5.74, 6) is 1.44. The van der Waals surface area contributed by atoms with Crippen LogP contribution in [0.25, 0.3) is 0 Å². The summed E-state index contributed by atoms with van der Waals surface area (Å²) in [5.41, 5.74) is 1.11. The molecule has 1 atom stereocenters. The minimum absolute atomic E-state index is 0.000162. The Balaban J connectivity index is 1.88. The number of alkyl halides is 1. The summed E-state index contributed by atoms with van der Waals surface area (Å²) >= 11 is 5.41. The average Bonchev–Trinajstić information content (AvgIpc) is 2.80. The van der Waals surface area contributed by atoms with E-state index in [0.29, 0.717) is 6.54 Å². The molecule has 0 bridgehead atoms. The third kappa shape index (κ3) is 3.77. The molecule has 1 aliphatic rings. The van der Waals surface area contributed by atoms with Crippen LogP contribution in [0.1, 0.15) is 25.3 Å². The van der Waals surface area contributed by atoms with Gasteiger partial charge in [0.05, 0.1) is 0 Å². The molecular formula is C14H18ClNO3. The molecular weight excluding hydrogens is 266 g/mol. The molecule has 0 saturated heterocycles. The number of benzene rings is 1. The second-order valence-electron chi connectivity index (χ2n) is 4.47. The third-order valence-electron chi connectivity index (χ3n) is 2.91. The van der Waals surface area contributed by atoms with Gasteiger partial charge in [0.15, 0.2) is 11.5 Å². The molecule has 104 valence electrons. The highest BCUT2D eigenvalue weighted by Crippen LogP contribution is 2.36. The molecule has 1 N–H and O–H groups in total. The topological polar surface area (TPSA) is 47.6 Å². The Morgan fingerprint density at radius 2 is 2.16 bits per heavy atom. The Morgan fingerprint density at radius 1 is 1.37 bits per heavy atom. The Morgan fingerprint density at radius 3 is 2.89 bits per heavy atom. The first-order valence-corrected chi connectivity index (χ1v) is 7.05. The minimum Gasteiger partial charge on any atom is -0.451 e. The molecule has 0 radical (unpaired) electrons. The summed E-state index contributed by atoms with van der Waals surface area (Å²) in [6.45, 7) is 2.67. The molecule has 1 amide bonds. The van der Waals surface area contributed by atoms with Crippen LogP contribution in [0.4, 0.5) is 0 Å². The van der Waals surface area contributed by atoms with Gasteiger partial charge in [-0.05, 0) is 30.5 Å². The molecule has 0 fully saturated rings. The summed E-state index contributed by atoms with van der Waals surface area (Å²) in [5, 5.41) is 2.73.